The van der Waals surface area contributed by atoms with Crippen LogP contribution in [0.1, 0.15) is 11.3 Å². The maximum absolute atomic E-state index is 11.9. The molecule has 1 aromatic heterocycles. The zero-order chi connectivity index (χ0) is 15.9. The van der Waals surface area contributed by atoms with Gasteiger partial charge < -0.3 is 14.7 Å². The standard InChI is InChI=1S/C16H22N4O2/c1-12-9-15(19-22-12)18-16(21)17-11-14(20(2)3)10-13-7-5-4-6-8-13/h4-9,14H,10-11H2,1-3H3,(H2,17,18,19,21)/t14-/m1/s1. The van der Waals surface area contributed by atoms with Crippen LogP contribution in [0, 0.1) is 6.92 Å². The number of amides is 2. The van der Waals surface area contributed by atoms with Crippen molar-refractivity contribution in [2.24, 2.45) is 0 Å². The Labute approximate surface area is 130 Å². The Morgan fingerprint density at radius 1 is 1.32 bits per heavy atom. The first-order chi connectivity index (χ1) is 10.5. The quantitative estimate of drug-likeness (QED) is 0.859. The first-order valence-corrected chi connectivity index (χ1v) is 7.23. The third-order valence-corrected chi connectivity index (χ3v) is 3.41. The fraction of sp³-hybridized carbons (Fsp3) is 0.375. The predicted octanol–water partition coefficient (Wildman–Crippen LogP) is 2.28. The van der Waals surface area contributed by atoms with Crippen molar-refractivity contribution in [3.8, 4) is 0 Å². The fourth-order valence-electron chi connectivity index (χ4n) is 2.12. The van der Waals surface area contributed by atoms with E-state index in [1.54, 1.807) is 13.0 Å². The summed E-state index contributed by atoms with van der Waals surface area (Å²) in [5, 5.41) is 9.24. The van der Waals surface area contributed by atoms with Gasteiger partial charge in [0.15, 0.2) is 5.82 Å². The Morgan fingerprint density at radius 3 is 2.64 bits per heavy atom. The van der Waals surface area contributed by atoms with E-state index in [2.05, 4.69) is 32.8 Å². The number of carbonyl (C=O) groups is 1. The van der Waals surface area contributed by atoms with Crippen LogP contribution >= 0.6 is 0 Å². The summed E-state index contributed by atoms with van der Waals surface area (Å²) in [4.78, 5) is 14.0. The number of hydrogen-bond acceptors (Lipinski definition) is 4. The third kappa shape index (κ3) is 4.89. The van der Waals surface area contributed by atoms with Gasteiger partial charge in [0.25, 0.3) is 0 Å². The van der Waals surface area contributed by atoms with E-state index in [1.807, 2.05) is 32.3 Å². The molecule has 0 saturated carbocycles. The third-order valence-electron chi connectivity index (χ3n) is 3.41. The molecular weight excluding hydrogens is 280 g/mol. The molecule has 1 heterocycles. The summed E-state index contributed by atoms with van der Waals surface area (Å²) in [5.74, 6) is 1.07. The minimum atomic E-state index is -0.284. The normalized spacial score (nSPS) is 12.2. The molecule has 2 N–H and O–H groups in total. The van der Waals surface area contributed by atoms with Gasteiger partial charge in [-0.1, -0.05) is 35.5 Å². The van der Waals surface area contributed by atoms with Gasteiger partial charge in [-0.15, -0.1) is 0 Å². The van der Waals surface area contributed by atoms with E-state index < -0.39 is 0 Å². The van der Waals surface area contributed by atoms with Crippen molar-refractivity contribution in [1.29, 1.82) is 0 Å². The molecular formula is C16H22N4O2. The van der Waals surface area contributed by atoms with Crippen LogP contribution in [-0.4, -0.2) is 42.8 Å². The number of likely N-dealkylation sites (N-methyl/N-ethyl adjacent to an activating group) is 1. The molecule has 22 heavy (non-hydrogen) atoms. The van der Waals surface area contributed by atoms with Crippen LogP contribution in [0.3, 0.4) is 0 Å². The summed E-state index contributed by atoms with van der Waals surface area (Å²) in [6.07, 6.45) is 0.872. The number of carbonyl (C=O) groups excluding carboxylic acids is 1. The minimum Gasteiger partial charge on any atom is -0.360 e. The molecule has 118 valence electrons. The van der Waals surface area contributed by atoms with Gasteiger partial charge in [-0.25, -0.2) is 4.79 Å². The number of aryl methyl sites for hydroxylation is 1. The number of rotatable bonds is 6. The second kappa shape index (κ2) is 7.61. The lowest BCUT2D eigenvalue weighted by molar-refractivity contribution is 0.242. The van der Waals surface area contributed by atoms with E-state index in [9.17, 15) is 4.79 Å². The summed E-state index contributed by atoms with van der Waals surface area (Å²) in [6.45, 7) is 2.32. The molecule has 0 radical (unpaired) electrons. The summed E-state index contributed by atoms with van der Waals surface area (Å²) in [5.41, 5.74) is 1.25. The van der Waals surface area contributed by atoms with Crippen molar-refractivity contribution in [2.75, 3.05) is 26.0 Å². The molecule has 0 aliphatic rings. The summed E-state index contributed by atoms with van der Waals surface area (Å²) < 4.78 is 4.91. The average Bonchev–Trinajstić information content (AvgIpc) is 2.89. The average molecular weight is 302 g/mol. The van der Waals surface area contributed by atoms with Crippen molar-refractivity contribution in [2.45, 2.75) is 19.4 Å². The maximum Gasteiger partial charge on any atom is 0.320 e. The largest absolute Gasteiger partial charge is 0.360 e. The molecule has 0 aliphatic carbocycles. The second-order valence-corrected chi connectivity index (χ2v) is 5.46. The van der Waals surface area contributed by atoms with Gasteiger partial charge in [0.1, 0.15) is 5.76 Å². The molecule has 0 saturated heterocycles. The van der Waals surface area contributed by atoms with Gasteiger partial charge in [-0.2, -0.15) is 0 Å². The van der Waals surface area contributed by atoms with Crippen LogP contribution in [0.25, 0.3) is 0 Å². The first kappa shape index (κ1) is 16.0. The van der Waals surface area contributed by atoms with Crippen molar-refractivity contribution in [1.82, 2.24) is 15.4 Å². The van der Waals surface area contributed by atoms with Crippen molar-refractivity contribution >= 4 is 11.8 Å². The van der Waals surface area contributed by atoms with E-state index in [-0.39, 0.29) is 12.1 Å². The van der Waals surface area contributed by atoms with Gasteiger partial charge in [-0.05, 0) is 33.0 Å². The Morgan fingerprint density at radius 2 is 2.05 bits per heavy atom. The van der Waals surface area contributed by atoms with Crippen LogP contribution in [-0.2, 0) is 6.42 Å². The van der Waals surface area contributed by atoms with Gasteiger partial charge in [0.05, 0.1) is 0 Å². The minimum absolute atomic E-state index is 0.215. The molecule has 0 unspecified atom stereocenters. The van der Waals surface area contributed by atoms with E-state index >= 15 is 0 Å². The van der Waals surface area contributed by atoms with Crippen molar-refractivity contribution < 1.29 is 9.32 Å². The second-order valence-electron chi connectivity index (χ2n) is 5.46. The number of nitrogens with zero attached hydrogens (tertiary/aromatic N) is 2. The summed E-state index contributed by atoms with van der Waals surface area (Å²) in [6, 6.07) is 11.8. The van der Waals surface area contributed by atoms with Crippen LogP contribution in [0.4, 0.5) is 10.6 Å². The summed E-state index contributed by atoms with van der Waals surface area (Å²) in [7, 11) is 4.02. The van der Waals surface area contributed by atoms with E-state index in [1.165, 1.54) is 5.56 Å². The molecule has 2 aromatic rings. The number of anilines is 1. The smallest absolute Gasteiger partial charge is 0.320 e. The van der Waals surface area contributed by atoms with E-state index in [4.69, 9.17) is 4.52 Å². The Balaban J connectivity index is 1.84. The molecule has 2 amide bonds. The molecule has 0 spiro atoms. The highest BCUT2D eigenvalue weighted by Crippen LogP contribution is 2.08. The van der Waals surface area contributed by atoms with E-state index in [0.29, 0.717) is 18.1 Å². The van der Waals surface area contributed by atoms with Gasteiger partial charge in [0, 0.05) is 18.7 Å². The zero-order valence-electron chi connectivity index (χ0n) is 13.2. The van der Waals surface area contributed by atoms with Crippen LogP contribution in [0.5, 0.6) is 0 Å². The number of urea groups is 1. The highest BCUT2D eigenvalue weighted by molar-refractivity contribution is 5.88. The lowest BCUT2D eigenvalue weighted by atomic mass is 10.1. The molecule has 6 nitrogen and oxygen atoms in total. The molecule has 0 fully saturated rings. The van der Waals surface area contributed by atoms with E-state index in [0.717, 1.165) is 6.42 Å². The number of nitrogens with one attached hydrogen (secondary N) is 2. The highest BCUT2D eigenvalue weighted by Gasteiger charge is 2.14. The molecule has 1 atom stereocenters. The lowest BCUT2D eigenvalue weighted by Gasteiger charge is -2.24. The summed E-state index contributed by atoms with van der Waals surface area (Å²) >= 11 is 0. The zero-order valence-corrected chi connectivity index (χ0v) is 13.2. The van der Waals surface area contributed by atoms with Crippen molar-refractivity contribution in [3.63, 3.8) is 0 Å². The van der Waals surface area contributed by atoms with Gasteiger partial charge in [-0.3, -0.25) is 5.32 Å². The Hall–Kier alpha value is -2.34. The fourth-order valence-corrected chi connectivity index (χ4v) is 2.12. The Kier molecular flexibility index (Phi) is 5.55. The number of aromatic nitrogens is 1. The molecule has 1 aromatic carbocycles. The lowest BCUT2D eigenvalue weighted by Crippen LogP contribution is -2.43. The predicted molar refractivity (Wildman–Crippen MR) is 85.9 cm³/mol. The number of hydrogen-bond donors (Lipinski definition) is 2. The SMILES string of the molecule is Cc1cc(NC(=O)NC[C@@H](Cc2ccccc2)N(C)C)no1. The Bertz CT molecular complexity index is 595. The van der Waals surface area contributed by atoms with Crippen LogP contribution in [0.2, 0.25) is 0 Å². The van der Waals surface area contributed by atoms with Crippen LogP contribution in [0.15, 0.2) is 40.9 Å². The topological polar surface area (TPSA) is 70.4 Å². The van der Waals surface area contributed by atoms with Crippen LogP contribution < -0.4 is 10.6 Å². The van der Waals surface area contributed by atoms with Gasteiger partial charge >= 0.3 is 6.03 Å². The molecule has 0 aliphatic heterocycles. The molecule has 2 rings (SSSR count). The van der Waals surface area contributed by atoms with Crippen molar-refractivity contribution in [3.05, 3.63) is 47.7 Å². The molecule has 0 bridgehead atoms. The maximum atomic E-state index is 11.9. The number of benzene rings is 1. The first-order valence-electron chi connectivity index (χ1n) is 7.23. The monoisotopic (exact) mass is 302 g/mol. The highest BCUT2D eigenvalue weighted by atomic mass is 16.5. The molecule has 6 heteroatoms. The van der Waals surface area contributed by atoms with Gasteiger partial charge in [0.2, 0.25) is 0 Å².